The maximum Gasteiger partial charge on any atom is 0.333 e. The molecule has 0 amide bonds. The van der Waals surface area contributed by atoms with E-state index in [1.165, 1.54) is 19.9 Å². The Labute approximate surface area is 339 Å². The van der Waals surface area contributed by atoms with Crippen LogP contribution in [0.3, 0.4) is 0 Å². The molecule has 0 aliphatic carbocycles. The molecule has 1 fully saturated rings. The van der Waals surface area contributed by atoms with Crippen molar-refractivity contribution in [2.75, 3.05) is 19.8 Å². The zero-order chi connectivity index (χ0) is 43.9. The van der Waals surface area contributed by atoms with Crippen LogP contribution >= 0.6 is 0 Å². The molecule has 0 spiro atoms. The van der Waals surface area contributed by atoms with Crippen LogP contribution in [-0.4, -0.2) is 145 Å². The van der Waals surface area contributed by atoms with E-state index < -0.39 is 104 Å². The van der Waals surface area contributed by atoms with E-state index in [-0.39, 0.29) is 24.0 Å². The van der Waals surface area contributed by atoms with Crippen molar-refractivity contribution >= 4 is 11.9 Å². The molecule has 0 radical (unpaired) electrons. The average molecular weight is 819 g/mol. The van der Waals surface area contributed by atoms with Crippen molar-refractivity contribution in [2.24, 2.45) is 35.5 Å². The molecule has 15 heteroatoms. The Morgan fingerprint density at radius 1 is 0.702 bits per heavy atom. The van der Waals surface area contributed by atoms with Crippen LogP contribution in [0.4, 0.5) is 0 Å². The standard InChI is InChI=1S/C42H74O15/c1-12-21(2)13-22(3)14-27(8)40(57-42-39(52)38(51)37(50)33(56-42)20-54-30(11)44)28(9)16-25(6)34(47)23(4)15-24(5)35(48)26(7)17-29(10)41(53)55-19-32(46)36(49)31(45)18-43/h15-17,21-23,26-28,31-40,42-43,45-52H,12-14,18-20H2,1-11H3/b24-15+,25-16+,29-17+/t21?,22?,23?,26?,27?,28?,31-,32-,33?,34?,35?,36+,37+,38+,39?,40?,42+/m1/s1. The van der Waals surface area contributed by atoms with Crippen molar-refractivity contribution in [1.29, 1.82) is 0 Å². The summed E-state index contributed by atoms with van der Waals surface area (Å²) >= 11 is 0. The minimum atomic E-state index is -1.71. The van der Waals surface area contributed by atoms with Gasteiger partial charge < -0.3 is 64.9 Å². The molecule has 0 aromatic heterocycles. The highest BCUT2D eigenvalue weighted by Gasteiger charge is 2.46. The Morgan fingerprint density at radius 2 is 1.25 bits per heavy atom. The first-order chi connectivity index (χ1) is 26.5. The van der Waals surface area contributed by atoms with E-state index in [2.05, 4.69) is 20.8 Å². The number of aliphatic hydroxyl groups excluding tert-OH is 9. The van der Waals surface area contributed by atoms with Gasteiger partial charge in [0, 0.05) is 30.3 Å². The molecule has 0 aromatic carbocycles. The summed E-state index contributed by atoms with van der Waals surface area (Å²) < 4.78 is 22.4. The normalized spacial score (nSPS) is 27.5. The quantitative estimate of drug-likeness (QED) is 0.0383. The Balaban J connectivity index is 3.20. The van der Waals surface area contributed by atoms with E-state index in [1.54, 1.807) is 33.8 Å². The van der Waals surface area contributed by atoms with Crippen LogP contribution in [0.5, 0.6) is 0 Å². The largest absolute Gasteiger partial charge is 0.463 e. The molecule has 1 saturated heterocycles. The van der Waals surface area contributed by atoms with Crippen LogP contribution in [0.1, 0.15) is 95.4 Å². The lowest BCUT2D eigenvalue weighted by Gasteiger charge is -2.43. The van der Waals surface area contributed by atoms with Crippen LogP contribution in [0.15, 0.2) is 34.9 Å². The molecule has 1 rings (SSSR count). The van der Waals surface area contributed by atoms with Crippen LogP contribution in [0.2, 0.25) is 0 Å². The monoisotopic (exact) mass is 819 g/mol. The van der Waals surface area contributed by atoms with Crippen molar-refractivity contribution in [3.63, 3.8) is 0 Å². The fourth-order valence-electron chi connectivity index (χ4n) is 7.35. The molecular formula is C42H74O15. The SMILES string of the molecule is CCC(C)CC(C)CC(C)C(O[C@@H]1OC(COC(C)=O)[C@H](O)[C@H](O)C1O)C(C)/C=C(\C)C(O)C(C)/C=C(\C)C(O)C(C)/C=C(\C)C(=O)OC[C@@H](O)[C@@H](O)[C@H](O)CO. The number of aliphatic hydroxyl groups is 9. The molecule has 0 saturated carbocycles. The van der Waals surface area contributed by atoms with Gasteiger partial charge in [-0.25, -0.2) is 4.79 Å². The fraction of sp³-hybridized carbons (Fsp3) is 0.810. The third-order valence-corrected chi connectivity index (χ3v) is 10.9. The van der Waals surface area contributed by atoms with Crippen molar-refractivity contribution in [3.8, 4) is 0 Å². The van der Waals surface area contributed by atoms with Gasteiger partial charge in [0.15, 0.2) is 6.29 Å². The summed E-state index contributed by atoms with van der Waals surface area (Å²) in [5, 5.41) is 92.7. The summed E-state index contributed by atoms with van der Waals surface area (Å²) in [6.07, 6.45) is -6.74. The van der Waals surface area contributed by atoms with E-state index in [0.717, 1.165) is 19.3 Å². The number of ether oxygens (including phenoxy) is 4. The predicted molar refractivity (Wildman–Crippen MR) is 212 cm³/mol. The maximum atomic E-state index is 12.5. The summed E-state index contributed by atoms with van der Waals surface area (Å²) in [7, 11) is 0. The second-order valence-electron chi connectivity index (χ2n) is 16.5. The molecular weight excluding hydrogens is 744 g/mol. The topological polar surface area (TPSA) is 253 Å². The molecule has 15 nitrogen and oxygen atoms in total. The number of rotatable bonds is 24. The highest BCUT2D eigenvalue weighted by Crippen LogP contribution is 2.33. The number of esters is 2. The molecule has 11 unspecified atom stereocenters. The molecule has 57 heavy (non-hydrogen) atoms. The Hall–Kier alpha value is -2.28. The van der Waals surface area contributed by atoms with Crippen LogP contribution in [-0.2, 0) is 28.5 Å². The molecule has 0 aromatic rings. The highest BCUT2D eigenvalue weighted by molar-refractivity contribution is 5.87. The molecule has 1 aliphatic heterocycles. The number of carbonyl (C=O) groups excluding carboxylic acids is 2. The minimum Gasteiger partial charge on any atom is -0.463 e. The van der Waals surface area contributed by atoms with Gasteiger partial charge in [-0.1, -0.05) is 73.1 Å². The number of hydrogen-bond donors (Lipinski definition) is 9. The van der Waals surface area contributed by atoms with Crippen LogP contribution < -0.4 is 0 Å². The first-order valence-corrected chi connectivity index (χ1v) is 20.2. The molecule has 332 valence electrons. The summed E-state index contributed by atoms with van der Waals surface area (Å²) in [5.74, 6) is -1.96. The Kier molecular flexibility index (Phi) is 23.5. The lowest BCUT2D eigenvalue weighted by molar-refractivity contribution is -0.317. The van der Waals surface area contributed by atoms with E-state index in [9.17, 15) is 50.4 Å². The third-order valence-electron chi connectivity index (χ3n) is 10.9. The average Bonchev–Trinajstić information content (AvgIpc) is 3.15. The Bertz CT molecular complexity index is 1300. The molecule has 0 bridgehead atoms. The summed E-state index contributed by atoms with van der Waals surface area (Å²) in [6.45, 7) is 18.4. The summed E-state index contributed by atoms with van der Waals surface area (Å²) in [4.78, 5) is 23.9. The van der Waals surface area contributed by atoms with Crippen molar-refractivity contribution < 1.29 is 74.5 Å². The zero-order valence-corrected chi connectivity index (χ0v) is 35.8. The second-order valence-corrected chi connectivity index (χ2v) is 16.5. The fourth-order valence-corrected chi connectivity index (χ4v) is 7.35. The van der Waals surface area contributed by atoms with E-state index >= 15 is 0 Å². The van der Waals surface area contributed by atoms with Crippen LogP contribution in [0.25, 0.3) is 0 Å². The van der Waals surface area contributed by atoms with Gasteiger partial charge in [0.2, 0.25) is 0 Å². The van der Waals surface area contributed by atoms with Gasteiger partial charge in [-0.05, 0) is 62.5 Å². The van der Waals surface area contributed by atoms with E-state index in [1.807, 2.05) is 19.9 Å². The summed E-state index contributed by atoms with van der Waals surface area (Å²) in [6, 6.07) is 0. The number of carbonyl (C=O) groups is 2. The first-order valence-electron chi connectivity index (χ1n) is 20.2. The highest BCUT2D eigenvalue weighted by atomic mass is 16.7. The second kappa shape index (κ2) is 25.4. The van der Waals surface area contributed by atoms with Gasteiger partial charge in [0.1, 0.15) is 55.9 Å². The lowest BCUT2D eigenvalue weighted by Crippen LogP contribution is -2.60. The van der Waals surface area contributed by atoms with Crippen molar-refractivity contribution in [1.82, 2.24) is 0 Å². The molecule has 1 heterocycles. The third kappa shape index (κ3) is 17.1. The Morgan fingerprint density at radius 3 is 1.77 bits per heavy atom. The minimum absolute atomic E-state index is 0.0761. The van der Waals surface area contributed by atoms with Gasteiger partial charge in [-0.2, -0.15) is 0 Å². The van der Waals surface area contributed by atoms with Gasteiger partial charge in [-0.15, -0.1) is 0 Å². The van der Waals surface area contributed by atoms with Crippen molar-refractivity contribution in [3.05, 3.63) is 34.9 Å². The van der Waals surface area contributed by atoms with Crippen molar-refractivity contribution in [2.45, 2.75) is 163 Å². The van der Waals surface area contributed by atoms with E-state index in [4.69, 9.17) is 24.1 Å². The smallest absolute Gasteiger partial charge is 0.333 e. The maximum absolute atomic E-state index is 12.5. The summed E-state index contributed by atoms with van der Waals surface area (Å²) in [5.41, 5.74) is 1.30. The lowest BCUT2D eigenvalue weighted by atomic mass is 9.82. The molecule has 9 N–H and O–H groups in total. The van der Waals surface area contributed by atoms with Gasteiger partial charge in [0.25, 0.3) is 0 Å². The number of hydrogen-bond acceptors (Lipinski definition) is 15. The predicted octanol–water partition coefficient (Wildman–Crippen LogP) is 1.93. The van der Waals surface area contributed by atoms with Crippen LogP contribution in [0, 0.1) is 35.5 Å². The molecule has 1 aliphatic rings. The van der Waals surface area contributed by atoms with Gasteiger partial charge in [-0.3, -0.25) is 4.79 Å². The van der Waals surface area contributed by atoms with Gasteiger partial charge in [0.05, 0.1) is 24.9 Å². The van der Waals surface area contributed by atoms with Gasteiger partial charge >= 0.3 is 11.9 Å². The molecule has 17 atom stereocenters. The van der Waals surface area contributed by atoms with E-state index in [0.29, 0.717) is 23.0 Å². The first kappa shape index (κ1) is 52.7. The zero-order valence-electron chi connectivity index (χ0n) is 35.8.